The molecule has 1 aliphatic heterocycles. The average molecular weight is 456 g/mol. The van der Waals surface area contributed by atoms with Gasteiger partial charge in [-0.1, -0.05) is 28.1 Å². The first-order valence-corrected chi connectivity index (χ1v) is 8.59. The third-order valence-corrected chi connectivity index (χ3v) is 4.43. The lowest BCUT2D eigenvalue weighted by atomic mass is 10.0. The summed E-state index contributed by atoms with van der Waals surface area (Å²) in [5, 5.41) is 5.44. The predicted octanol–water partition coefficient (Wildman–Crippen LogP) is 1.45. The first kappa shape index (κ1) is 24.1. The molecule has 25 heavy (non-hydrogen) atoms. The molecule has 142 valence electrons. The first-order chi connectivity index (χ1) is 11.1. The Kier molecular flexibility index (Phi) is 12.1. The zero-order chi connectivity index (χ0) is 16.7. The van der Waals surface area contributed by atoms with Crippen molar-refractivity contribution in [2.45, 2.75) is 25.4 Å². The molecule has 0 bridgehead atoms. The minimum Gasteiger partial charge on any atom is -0.352 e. The molecule has 6 nitrogen and oxygen atoms in total. The number of rotatable bonds is 6. The van der Waals surface area contributed by atoms with Gasteiger partial charge in [0.05, 0.1) is 13.1 Å². The normalized spacial score (nSPS) is 14.8. The number of halogens is 3. The third-order valence-electron chi connectivity index (χ3n) is 3.90. The summed E-state index contributed by atoms with van der Waals surface area (Å²) in [6, 6.07) is 8.53. The van der Waals surface area contributed by atoms with Crippen molar-refractivity contribution in [1.29, 1.82) is 0 Å². The van der Waals surface area contributed by atoms with E-state index < -0.39 is 0 Å². The number of likely N-dealkylation sites (tertiary alicyclic amines) is 1. The molecule has 1 heterocycles. The van der Waals surface area contributed by atoms with Crippen molar-refractivity contribution in [2.24, 2.45) is 5.73 Å². The summed E-state index contributed by atoms with van der Waals surface area (Å²) in [7, 11) is 0. The summed E-state index contributed by atoms with van der Waals surface area (Å²) in [4.78, 5) is 25.2. The summed E-state index contributed by atoms with van der Waals surface area (Å²) in [5.74, 6) is -0.470. The van der Waals surface area contributed by atoms with E-state index in [9.17, 15) is 9.59 Å². The van der Waals surface area contributed by atoms with Crippen LogP contribution in [0.5, 0.6) is 0 Å². The second-order valence-electron chi connectivity index (χ2n) is 5.73. The van der Waals surface area contributed by atoms with E-state index in [2.05, 4.69) is 55.7 Å². The second kappa shape index (κ2) is 12.5. The molecule has 0 spiro atoms. The van der Waals surface area contributed by atoms with Crippen LogP contribution in [0.1, 0.15) is 18.4 Å². The standard InChI is InChI=1S/C16H23BrN4O2.2ClH/c17-13-3-1-12(2-4-13)11-21-7-5-14(6-8-21)20-16(23)10-19-15(22)9-18;;/h1-4,14H,5-11,18H2,(H,19,22)(H,20,23);2*1H. The van der Waals surface area contributed by atoms with Crippen LogP contribution in [0.25, 0.3) is 0 Å². The van der Waals surface area contributed by atoms with Crippen LogP contribution in [0.4, 0.5) is 0 Å². The predicted molar refractivity (Wildman–Crippen MR) is 107 cm³/mol. The maximum absolute atomic E-state index is 11.8. The lowest BCUT2D eigenvalue weighted by Gasteiger charge is -2.32. The van der Waals surface area contributed by atoms with Gasteiger partial charge in [-0.05, 0) is 30.5 Å². The Morgan fingerprint density at radius 2 is 1.72 bits per heavy atom. The summed E-state index contributed by atoms with van der Waals surface area (Å²) in [6.45, 7) is 2.74. The minimum absolute atomic E-state index is 0. The smallest absolute Gasteiger partial charge is 0.239 e. The van der Waals surface area contributed by atoms with Gasteiger partial charge in [0.15, 0.2) is 0 Å². The zero-order valence-corrected chi connectivity index (χ0v) is 17.1. The molecular formula is C16H25BrCl2N4O2. The summed E-state index contributed by atoms with van der Waals surface area (Å²) >= 11 is 3.44. The summed E-state index contributed by atoms with van der Waals surface area (Å²) in [5.41, 5.74) is 6.47. The highest BCUT2D eigenvalue weighted by molar-refractivity contribution is 9.10. The molecule has 9 heteroatoms. The van der Waals surface area contributed by atoms with Gasteiger partial charge in [-0.2, -0.15) is 0 Å². The molecule has 0 atom stereocenters. The van der Waals surface area contributed by atoms with Crippen LogP contribution in [-0.4, -0.2) is 48.9 Å². The van der Waals surface area contributed by atoms with Crippen LogP contribution in [0.15, 0.2) is 28.7 Å². The van der Waals surface area contributed by atoms with Gasteiger partial charge in [-0.25, -0.2) is 0 Å². The van der Waals surface area contributed by atoms with Crippen molar-refractivity contribution in [3.63, 3.8) is 0 Å². The molecule has 2 amide bonds. The van der Waals surface area contributed by atoms with Crippen LogP contribution >= 0.6 is 40.7 Å². The largest absolute Gasteiger partial charge is 0.352 e. The molecule has 0 radical (unpaired) electrons. The fraction of sp³-hybridized carbons (Fsp3) is 0.500. The fourth-order valence-electron chi connectivity index (χ4n) is 2.61. The number of benzene rings is 1. The number of carbonyl (C=O) groups is 2. The van der Waals surface area contributed by atoms with Gasteiger partial charge >= 0.3 is 0 Å². The lowest BCUT2D eigenvalue weighted by molar-refractivity contribution is -0.125. The van der Waals surface area contributed by atoms with Crippen LogP contribution in [0.3, 0.4) is 0 Å². The summed E-state index contributed by atoms with van der Waals surface area (Å²) < 4.78 is 1.09. The summed E-state index contributed by atoms with van der Waals surface area (Å²) in [6.07, 6.45) is 1.85. The molecule has 0 aromatic heterocycles. The number of nitrogens with zero attached hydrogens (tertiary/aromatic N) is 1. The van der Waals surface area contributed by atoms with Gasteiger partial charge in [0.25, 0.3) is 0 Å². The number of nitrogens with two attached hydrogens (primary N) is 1. The van der Waals surface area contributed by atoms with Crippen molar-refractivity contribution < 1.29 is 9.59 Å². The molecule has 1 aromatic rings. The Labute approximate surface area is 169 Å². The first-order valence-electron chi connectivity index (χ1n) is 7.79. The SMILES string of the molecule is Cl.Cl.NCC(=O)NCC(=O)NC1CCN(Cc2ccc(Br)cc2)CC1. The lowest BCUT2D eigenvalue weighted by Crippen LogP contribution is -2.47. The van der Waals surface area contributed by atoms with E-state index in [4.69, 9.17) is 5.73 Å². The highest BCUT2D eigenvalue weighted by Crippen LogP contribution is 2.16. The van der Waals surface area contributed by atoms with Crippen molar-refractivity contribution in [3.8, 4) is 0 Å². The van der Waals surface area contributed by atoms with Gasteiger partial charge < -0.3 is 16.4 Å². The van der Waals surface area contributed by atoms with E-state index in [1.54, 1.807) is 0 Å². The molecular weight excluding hydrogens is 431 g/mol. The van der Waals surface area contributed by atoms with E-state index in [-0.39, 0.29) is 55.8 Å². The Balaban J connectivity index is 0.00000288. The molecule has 1 saturated heterocycles. The Bertz CT molecular complexity index is 537. The van der Waals surface area contributed by atoms with E-state index in [0.29, 0.717) is 0 Å². The minimum atomic E-state index is -0.315. The second-order valence-corrected chi connectivity index (χ2v) is 6.64. The highest BCUT2D eigenvalue weighted by Gasteiger charge is 2.20. The van der Waals surface area contributed by atoms with Crippen LogP contribution in [-0.2, 0) is 16.1 Å². The monoisotopic (exact) mass is 454 g/mol. The van der Waals surface area contributed by atoms with Crippen LogP contribution < -0.4 is 16.4 Å². The average Bonchev–Trinajstić information content (AvgIpc) is 2.56. The molecule has 2 rings (SSSR count). The van der Waals surface area contributed by atoms with Gasteiger partial charge in [0, 0.05) is 30.1 Å². The van der Waals surface area contributed by atoms with Crippen molar-refractivity contribution >= 4 is 52.6 Å². The van der Waals surface area contributed by atoms with E-state index in [0.717, 1.165) is 36.9 Å². The maximum atomic E-state index is 11.8. The van der Waals surface area contributed by atoms with Gasteiger partial charge in [-0.3, -0.25) is 14.5 Å². The number of nitrogens with one attached hydrogen (secondary N) is 2. The molecule has 0 aliphatic carbocycles. The molecule has 1 aromatic carbocycles. The fourth-order valence-corrected chi connectivity index (χ4v) is 2.88. The molecule has 1 fully saturated rings. The number of amides is 2. The Morgan fingerprint density at radius 1 is 1.12 bits per heavy atom. The molecule has 4 N–H and O–H groups in total. The zero-order valence-electron chi connectivity index (χ0n) is 13.9. The van der Waals surface area contributed by atoms with Crippen molar-refractivity contribution in [1.82, 2.24) is 15.5 Å². The number of piperidine rings is 1. The van der Waals surface area contributed by atoms with Gasteiger partial charge in [-0.15, -0.1) is 24.8 Å². The number of hydrogen-bond acceptors (Lipinski definition) is 4. The van der Waals surface area contributed by atoms with E-state index in [1.807, 2.05) is 0 Å². The molecule has 0 unspecified atom stereocenters. The maximum Gasteiger partial charge on any atom is 0.239 e. The topological polar surface area (TPSA) is 87.5 Å². The van der Waals surface area contributed by atoms with Crippen molar-refractivity contribution in [2.75, 3.05) is 26.2 Å². The van der Waals surface area contributed by atoms with Gasteiger partial charge in [0.2, 0.25) is 11.8 Å². The highest BCUT2D eigenvalue weighted by atomic mass is 79.9. The van der Waals surface area contributed by atoms with E-state index >= 15 is 0 Å². The quantitative estimate of drug-likeness (QED) is 0.605. The Hall–Kier alpha value is -0.860. The Morgan fingerprint density at radius 3 is 2.28 bits per heavy atom. The number of carbonyl (C=O) groups excluding carboxylic acids is 2. The van der Waals surface area contributed by atoms with E-state index in [1.165, 1.54) is 5.56 Å². The van der Waals surface area contributed by atoms with Crippen LogP contribution in [0.2, 0.25) is 0 Å². The number of hydrogen-bond donors (Lipinski definition) is 3. The van der Waals surface area contributed by atoms with Gasteiger partial charge in [0.1, 0.15) is 0 Å². The van der Waals surface area contributed by atoms with Crippen molar-refractivity contribution in [3.05, 3.63) is 34.3 Å². The molecule has 1 aliphatic rings. The third kappa shape index (κ3) is 8.87. The molecule has 0 saturated carbocycles. The van der Waals surface area contributed by atoms with Crippen LogP contribution in [0, 0.1) is 0 Å².